The van der Waals surface area contributed by atoms with Gasteiger partial charge in [-0.25, -0.2) is 9.97 Å². The number of rotatable bonds is 8. The molecule has 3 aromatic rings. The van der Waals surface area contributed by atoms with Gasteiger partial charge in [0.05, 0.1) is 24.3 Å². The second-order valence-corrected chi connectivity index (χ2v) is 9.64. The van der Waals surface area contributed by atoms with Crippen molar-refractivity contribution < 1.29 is 14.3 Å². The van der Waals surface area contributed by atoms with E-state index in [0.717, 1.165) is 56.9 Å². The molecule has 1 saturated carbocycles. The maximum atomic E-state index is 13.3. The lowest BCUT2D eigenvalue weighted by Gasteiger charge is -2.26. The van der Waals surface area contributed by atoms with Gasteiger partial charge in [0, 0.05) is 49.7 Å². The van der Waals surface area contributed by atoms with Gasteiger partial charge in [-0.3, -0.25) is 14.5 Å². The predicted molar refractivity (Wildman–Crippen MR) is 143 cm³/mol. The number of hydrogen-bond donors (Lipinski definition) is 3. The summed E-state index contributed by atoms with van der Waals surface area (Å²) in [6, 6.07) is 15.1. The number of hydrogen-bond acceptors (Lipinski definition) is 7. The summed E-state index contributed by atoms with van der Waals surface area (Å²) in [4.78, 5) is 37.1. The molecule has 2 heterocycles. The number of aryl methyl sites for hydroxylation is 1. The van der Waals surface area contributed by atoms with Crippen molar-refractivity contribution in [2.24, 2.45) is 0 Å². The Bertz CT molecular complexity index is 1280. The Balaban J connectivity index is 1.24. The van der Waals surface area contributed by atoms with Crippen LogP contribution in [0.1, 0.15) is 40.0 Å². The minimum absolute atomic E-state index is 0.121. The van der Waals surface area contributed by atoms with Gasteiger partial charge in [-0.05, 0) is 55.2 Å². The number of anilines is 3. The first-order chi connectivity index (χ1) is 18.0. The Hall–Kier alpha value is -3.82. The lowest BCUT2D eigenvalue weighted by molar-refractivity contribution is -0.118. The molecule has 5 rings (SSSR count). The van der Waals surface area contributed by atoms with E-state index in [-0.39, 0.29) is 11.8 Å². The van der Waals surface area contributed by atoms with Gasteiger partial charge in [0.15, 0.2) is 0 Å². The van der Waals surface area contributed by atoms with Gasteiger partial charge in [0.2, 0.25) is 5.91 Å². The quantitative estimate of drug-likeness (QED) is 0.434. The number of amides is 2. The molecule has 9 heteroatoms. The fourth-order valence-electron chi connectivity index (χ4n) is 4.53. The standard InChI is InChI=1S/C28H32N6O3/c1-19-3-6-21(26(35)32-22-7-4-20(5-8-22)17-34-11-13-37-14-12-34)15-23(19)33-27(36)28(9-10-28)24-16-25(29-2)31-18-30-24/h3-8,15-16,18H,9-14,17H2,1-2H3,(H,32,35)(H,33,36)(H,29,30,31). The summed E-state index contributed by atoms with van der Waals surface area (Å²) in [6.07, 6.45) is 2.92. The maximum Gasteiger partial charge on any atom is 0.255 e. The highest BCUT2D eigenvalue weighted by atomic mass is 16.5. The number of aromatic nitrogens is 2. The molecule has 3 N–H and O–H groups in total. The molecule has 2 amide bonds. The molecule has 0 spiro atoms. The Labute approximate surface area is 216 Å². The topological polar surface area (TPSA) is 108 Å². The van der Waals surface area contributed by atoms with Crippen LogP contribution in [0.5, 0.6) is 0 Å². The highest BCUT2D eigenvalue weighted by molar-refractivity contribution is 6.06. The van der Waals surface area contributed by atoms with E-state index in [0.29, 0.717) is 22.8 Å². The number of morpholine rings is 1. The normalized spacial score (nSPS) is 16.6. The molecule has 0 bridgehead atoms. The van der Waals surface area contributed by atoms with Gasteiger partial charge in [0.25, 0.3) is 5.91 Å². The highest BCUT2D eigenvalue weighted by Gasteiger charge is 2.53. The van der Waals surface area contributed by atoms with Crippen LogP contribution in [0.3, 0.4) is 0 Å². The van der Waals surface area contributed by atoms with E-state index in [2.05, 4.69) is 30.8 Å². The molecular weight excluding hydrogens is 468 g/mol. The van der Waals surface area contributed by atoms with Crippen molar-refractivity contribution in [3.8, 4) is 0 Å². The molecule has 1 aliphatic carbocycles. The van der Waals surface area contributed by atoms with Gasteiger partial charge < -0.3 is 20.7 Å². The highest BCUT2D eigenvalue weighted by Crippen LogP contribution is 2.48. The van der Waals surface area contributed by atoms with Gasteiger partial charge >= 0.3 is 0 Å². The van der Waals surface area contributed by atoms with Gasteiger partial charge in [-0.15, -0.1) is 0 Å². The molecular formula is C28H32N6O3. The number of benzene rings is 2. The van der Waals surface area contributed by atoms with Crippen molar-refractivity contribution in [3.05, 3.63) is 77.2 Å². The zero-order valence-corrected chi connectivity index (χ0v) is 21.2. The van der Waals surface area contributed by atoms with Gasteiger partial charge in [-0.2, -0.15) is 0 Å². The summed E-state index contributed by atoms with van der Waals surface area (Å²) in [5.74, 6) is 0.324. The van der Waals surface area contributed by atoms with Crippen LogP contribution in [0.25, 0.3) is 0 Å². The van der Waals surface area contributed by atoms with E-state index >= 15 is 0 Å². The Morgan fingerprint density at radius 1 is 1.00 bits per heavy atom. The molecule has 192 valence electrons. The van der Waals surface area contributed by atoms with Gasteiger partial charge in [-0.1, -0.05) is 18.2 Å². The van der Waals surface area contributed by atoms with E-state index in [1.165, 1.54) is 11.9 Å². The van der Waals surface area contributed by atoms with Crippen molar-refractivity contribution in [1.29, 1.82) is 0 Å². The average Bonchev–Trinajstić information content (AvgIpc) is 3.74. The predicted octanol–water partition coefficient (Wildman–Crippen LogP) is 3.58. The van der Waals surface area contributed by atoms with Crippen LogP contribution in [0.2, 0.25) is 0 Å². The minimum atomic E-state index is -0.664. The maximum absolute atomic E-state index is 13.3. The van der Waals surface area contributed by atoms with Crippen LogP contribution < -0.4 is 16.0 Å². The SMILES string of the molecule is CNc1cc(C2(C(=O)Nc3cc(C(=O)Nc4ccc(CN5CCOCC5)cc4)ccc3C)CC2)ncn1. The molecule has 1 aromatic heterocycles. The number of nitrogens with one attached hydrogen (secondary N) is 3. The fourth-order valence-corrected chi connectivity index (χ4v) is 4.53. The van der Waals surface area contributed by atoms with Crippen LogP contribution >= 0.6 is 0 Å². The third kappa shape index (κ3) is 5.63. The van der Waals surface area contributed by atoms with Gasteiger partial charge in [0.1, 0.15) is 12.1 Å². The first-order valence-electron chi connectivity index (χ1n) is 12.6. The molecule has 0 unspecified atom stereocenters. The van der Waals surface area contributed by atoms with Crippen LogP contribution in [0.4, 0.5) is 17.2 Å². The van der Waals surface area contributed by atoms with Crippen molar-refractivity contribution in [2.75, 3.05) is 49.3 Å². The number of ether oxygens (including phenoxy) is 1. The number of carbonyl (C=O) groups excluding carboxylic acids is 2. The third-order valence-corrected chi connectivity index (χ3v) is 7.07. The number of carbonyl (C=O) groups is 2. The van der Waals surface area contributed by atoms with E-state index in [1.54, 1.807) is 19.2 Å². The van der Waals surface area contributed by atoms with Crippen LogP contribution in [0, 0.1) is 6.92 Å². The first-order valence-corrected chi connectivity index (χ1v) is 12.6. The second kappa shape index (κ2) is 10.7. The van der Waals surface area contributed by atoms with E-state index in [9.17, 15) is 9.59 Å². The Kier molecular flexibility index (Phi) is 7.16. The molecule has 0 atom stereocenters. The summed E-state index contributed by atoms with van der Waals surface area (Å²) >= 11 is 0. The monoisotopic (exact) mass is 500 g/mol. The van der Waals surface area contributed by atoms with Crippen molar-refractivity contribution in [3.63, 3.8) is 0 Å². The molecule has 9 nitrogen and oxygen atoms in total. The molecule has 1 saturated heterocycles. The summed E-state index contributed by atoms with van der Waals surface area (Å²) in [5, 5.41) is 8.99. The van der Waals surface area contributed by atoms with Crippen molar-refractivity contribution >= 4 is 29.0 Å². The molecule has 2 aliphatic rings. The lowest BCUT2D eigenvalue weighted by Crippen LogP contribution is -2.35. The Morgan fingerprint density at radius 3 is 2.46 bits per heavy atom. The molecule has 1 aliphatic heterocycles. The summed E-state index contributed by atoms with van der Waals surface area (Å²) < 4.78 is 5.41. The minimum Gasteiger partial charge on any atom is -0.379 e. The molecule has 0 radical (unpaired) electrons. The van der Waals surface area contributed by atoms with Crippen molar-refractivity contribution in [1.82, 2.24) is 14.9 Å². The summed E-state index contributed by atoms with van der Waals surface area (Å²) in [6.45, 7) is 6.18. The second-order valence-electron chi connectivity index (χ2n) is 9.64. The first kappa shape index (κ1) is 24.9. The Morgan fingerprint density at radius 2 is 1.76 bits per heavy atom. The van der Waals surface area contributed by atoms with Crippen LogP contribution in [-0.2, 0) is 21.5 Å². The number of nitrogens with zero attached hydrogens (tertiary/aromatic N) is 3. The van der Waals surface area contributed by atoms with Crippen LogP contribution in [-0.4, -0.2) is 60.0 Å². The summed E-state index contributed by atoms with van der Waals surface area (Å²) in [7, 11) is 1.78. The average molecular weight is 501 g/mol. The zero-order chi connectivity index (χ0) is 25.8. The van der Waals surface area contributed by atoms with E-state index < -0.39 is 5.41 Å². The van der Waals surface area contributed by atoms with Crippen LogP contribution in [0.15, 0.2) is 54.9 Å². The fraction of sp³-hybridized carbons (Fsp3) is 0.357. The van der Waals surface area contributed by atoms with E-state index in [4.69, 9.17) is 4.74 Å². The molecule has 2 fully saturated rings. The third-order valence-electron chi connectivity index (χ3n) is 7.07. The lowest BCUT2D eigenvalue weighted by atomic mass is 10.00. The summed E-state index contributed by atoms with van der Waals surface area (Å²) in [5.41, 5.74) is 3.93. The molecule has 37 heavy (non-hydrogen) atoms. The smallest absolute Gasteiger partial charge is 0.255 e. The van der Waals surface area contributed by atoms with Crippen molar-refractivity contribution in [2.45, 2.75) is 31.7 Å². The van der Waals surface area contributed by atoms with E-state index in [1.807, 2.05) is 43.3 Å². The largest absolute Gasteiger partial charge is 0.379 e. The molecule has 2 aromatic carbocycles. The zero-order valence-electron chi connectivity index (χ0n) is 21.2.